The van der Waals surface area contributed by atoms with Crippen molar-refractivity contribution >= 4 is 22.8 Å². The minimum Gasteiger partial charge on any atom is -0.451 e. The molecule has 0 aliphatic carbocycles. The predicted molar refractivity (Wildman–Crippen MR) is 119 cm³/mol. The molecule has 0 saturated heterocycles. The van der Waals surface area contributed by atoms with E-state index in [4.69, 9.17) is 8.83 Å². The summed E-state index contributed by atoms with van der Waals surface area (Å²) in [5.41, 5.74) is 3.32. The number of non-ortho nitro benzene ring substituents is 1. The summed E-state index contributed by atoms with van der Waals surface area (Å²) in [7, 11) is 0. The molecule has 0 bridgehead atoms. The largest absolute Gasteiger partial charge is 0.451 e. The van der Waals surface area contributed by atoms with Crippen molar-refractivity contribution in [3.05, 3.63) is 100 Å². The maximum atomic E-state index is 12.5. The fourth-order valence-corrected chi connectivity index (χ4v) is 3.31. The molecule has 0 spiro atoms. The van der Waals surface area contributed by atoms with Crippen molar-refractivity contribution in [3.8, 4) is 22.8 Å². The standard InChI is InChI=1S/C24H16N4O5/c29-23(21-11-10-19(32-21)17-3-1-4-18(13-17)28(30)31)26-14-15-6-8-16(9-7-15)24-27-22-20(33-24)5-2-12-25-22/h1-13H,14H2,(H,26,29). The van der Waals surface area contributed by atoms with E-state index in [-0.39, 0.29) is 17.4 Å². The molecule has 0 fully saturated rings. The number of nitro groups is 1. The monoisotopic (exact) mass is 440 g/mol. The molecular weight excluding hydrogens is 424 g/mol. The third-order valence-corrected chi connectivity index (χ3v) is 4.99. The molecule has 9 heteroatoms. The van der Waals surface area contributed by atoms with E-state index in [0.29, 0.717) is 35.0 Å². The molecule has 5 aromatic rings. The summed E-state index contributed by atoms with van der Waals surface area (Å²) in [6, 6.07) is 20.2. The van der Waals surface area contributed by atoms with Crippen LogP contribution in [0.2, 0.25) is 0 Å². The zero-order chi connectivity index (χ0) is 22.8. The van der Waals surface area contributed by atoms with Crippen molar-refractivity contribution in [1.82, 2.24) is 15.3 Å². The highest BCUT2D eigenvalue weighted by molar-refractivity contribution is 5.92. The minimum absolute atomic E-state index is 0.0486. The Kier molecular flexibility index (Phi) is 5.12. The number of benzene rings is 2. The van der Waals surface area contributed by atoms with Crippen LogP contribution in [-0.4, -0.2) is 20.8 Å². The third kappa shape index (κ3) is 4.19. The van der Waals surface area contributed by atoms with Crippen LogP contribution in [-0.2, 0) is 6.54 Å². The molecule has 0 saturated carbocycles. The highest BCUT2D eigenvalue weighted by atomic mass is 16.6. The van der Waals surface area contributed by atoms with Gasteiger partial charge < -0.3 is 14.2 Å². The first-order valence-electron chi connectivity index (χ1n) is 10.0. The SMILES string of the molecule is O=C(NCc1ccc(-c2nc3ncccc3o2)cc1)c1ccc(-c2cccc([N+](=O)[O-])c2)o1. The van der Waals surface area contributed by atoms with Gasteiger partial charge >= 0.3 is 0 Å². The molecule has 9 nitrogen and oxygen atoms in total. The van der Waals surface area contributed by atoms with Gasteiger partial charge in [0, 0.05) is 36.0 Å². The second-order valence-electron chi connectivity index (χ2n) is 7.20. The van der Waals surface area contributed by atoms with Crippen molar-refractivity contribution < 1.29 is 18.6 Å². The summed E-state index contributed by atoms with van der Waals surface area (Å²) < 4.78 is 11.3. The number of hydrogen-bond acceptors (Lipinski definition) is 7. The molecule has 0 aliphatic heterocycles. The summed E-state index contributed by atoms with van der Waals surface area (Å²) in [6.07, 6.45) is 1.66. The number of rotatable bonds is 6. The molecule has 3 heterocycles. The number of fused-ring (bicyclic) bond motifs is 1. The van der Waals surface area contributed by atoms with Gasteiger partial charge in [-0.15, -0.1) is 0 Å². The van der Waals surface area contributed by atoms with E-state index >= 15 is 0 Å². The molecule has 0 radical (unpaired) electrons. The smallest absolute Gasteiger partial charge is 0.287 e. The number of amides is 1. The third-order valence-electron chi connectivity index (χ3n) is 4.99. The van der Waals surface area contributed by atoms with E-state index in [1.165, 1.54) is 18.2 Å². The normalized spacial score (nSPS) is 10.9. The van der Waals surface area contributed by atoms with E-state index in [9.17, 15) is 14.9 Å². The Morgan fingerprint density at radius 2 is 1.82 bits per heavy atom. The summed E-state index contributed by atoms with van der Waals surface area (Å²) in [5.74, 6) is 0.581. The Bertz CT molecular complexity index is 1440. The van der Waals surface area contributed by atoms with Crippen molar-refractivity contribution in [1.29, 1.82) is 0 Å². The number of aromatic nitrogens is 2. The minimum atomic E-state index is -0.480. The molecule has 3 aromatic heterocycles. The molecule has 2 aromatic carbocycles. The van der Waals surface area contributed by atoms with Gasteiger partial charge in [0.25, 0.3) is 11.6 Å². The first-order valence-corrected chi connectivity index (χ1v) is 10.0. The Labute approximate surface area is 186 Å². The number of nitro benzene ring substituents is 1. The summed E-state index contributed by atoms with van der Waals surface area (Å²) >= 11 is 0. The van der Waals surface area contributed by atoms with Crippen LogP contribution in [0.5, 0.6) is 0 Å². The predicted octanol–water partition coefficient (Wildman–Crippen LogP) is 4.99. The zero-order valence-electron chi connectivity index (χ0n) is 17.1. The topological polar surface area (TPSA) is 124 Å². The molecule has 1 N–H and O–H groups in total. The summed E-state index contributed by atoms with van der Waals surface area (Å²) in [5, 5.41) is 13.8. The van der Waals surface area contributed by atoms with Crippen LogP contribution in [0.1, 0.15) is 16.1 Å². The Balaban J connectivity index is 1.24. The number of pyridine rings is 1. The van der Waals surface area contributed by atoms with Gasteiger partial charge in [-0.2, -0.15) is 4.98 Å². The van der Waals surface area contributed by atoms with Gasteiger partial charge in [0.1, 0.15) is 5.76 Å². The van der Waals surface area contributed by atoms with Gasteiger partial charge in [0.05, 0.1) is 4.92 Å². The lowest BCUT2D eigenvalue weighted by Gasteiger charge is -2.04. The van der Waals surface area contributed by atoms with Crippen molar-refractivity contribution in [3.63, 3.8) is 0 Å². The van der Waals surface area contributed by atoms with Gasteiger partial charge in [-0.05, 0) is 42.0 Å². The summed E-state index contributed by atoms with van der Waals surface area (Å²) in [4.78, 5) is 31.5. The fourth-order valence-electron chi connectivity index (χ4n) is 3.31. The first kappa shape index (κ1) is 20.1. The lowest BCUT2D eigenvalue weighted by molar-refractivity contribution is -0.384. The quantitative estimate of drug-likeness (QED) is 0.291. The Morgan fingerprint density at radius 3 is 2.61 bits per heavy atom. The van der Waals surface area contributed by atoms with Crippen LogP contribution in [0.3, 0.4) is 0 Å². The lowest BCUT2D eigenvalue weighted by atomic mass is 10.1. The molecule has 0 unspecified atom stereocenters. The van der Waals surface area contributed by atoms with Gasteiger partial charge in [-0.3, -0.25) is 14.9 Å². The van der Waals surface area contributed by atoms with Crippen molar-refractivity contribution in [2.75, 3.05) is 0 Å². The van der Waals surface area contributed by atoms with Gasteiger partial charge in [-0.25, -0.2) is 4.98 Å². The van der Waals surface area contributed by atoms with E-state index in [1.54, 1.807) is 30.5 Å². The van der Waals surface area contributed by atoms with E-state index in [2.05, 4.69) is 15.3 Å². The van der Waals surface area contributed by atoms with Gasteiger partial charge in [-0.1, -0.05) is 24.3 Å². The highest BCUT2D eigenvalue weighted by Crippen LogP contribution is 2.26. The van der Waals surface area contributed by atoms with Gasteiger partial charge in [0.15, 0.2) is 17.0 Å². The number of carbonyl (C=O) groups is 1. The van der Waals surface area contributed by atoms with E-state index < -0.39 is 4.92 Å². The molecule has 5 rings (SSSR count). The number of hydrogen-bond donors (Lipinski definition) is 1. The lowest BCUT2D eigenvalue weighted by Crippen LogP contribution is -2.22. The molecule has 0 atom stereocenters. The summed E-state index contributed by atoms with van der Waals surface area (Å²) in [6.45, 7) is 0.293. The average molecular weight is 440 g/mol. The number of nitrogens with one attached hydrogen (secondary N) is 1. The second-order valence-corrected chi connectivity index (χ2v) is 7.20. The van der Waals surface area contributed by atoms with Crippen LogP contribution < -0.4 is 5.32 Å². The Morgan fingerprint density at radius 1 is 0.970 bits per heavy atom. The molecular formula is C24H16N4O5. The van der Waals surface area contributed by atoms with Crippen molar-refractivity contribution in [2.24, 2.45) is 0 Å². The van der Waals surface area contributed by atoms with Gasteiger partial charge in [0.2, 0.25) is 5.89 Å². The van der Waals surface area contributed by atoms with E-state index in [1.807, 2.05) is 30.3 Å². The second kappa shape index (κ2) is 8.39. The number of nitrogens with zero attached hydrogens (tertiary/aromatic N) is 3. The number of furan rings is 1. The zero-order valence-corrected chi connectivity index (χ0v) is 17.1. The Hall–Kier alpha value is -4.79. The maximum Gasteiger partial charge on any atom is 0.287 e. The van der Waals surface area contributed by atoms with Crippen LogP contribution in [0.4, 0.5) is 5.69 Å². The molecule has 162 valence electrons. The average Bonchev–Trinajstić information content (AvgIpc) is 3.51. The maximum absolute atomic E-state index is 12.5. The van der Waals surface area contributed by atoms with Crippen LogP contribution in [0.15, 0.2) is 87.8 Å². The van der Waals surface area contributed by atoms with Crippen LogP contribution >= 0.6 is 0 Å². The number of carbonyl (C=O) groups excluding carboxylic acids is 1. The molecule has 33 heavy (non-hydrogen) atoms. The number of oxazole rings is 1. The molecule has 1 amide bonds. The highest BCUT2D eigenvalue weighted by Gasteiger charge is 2.14. The molecule has 0 aliphatic rings. The first-order chi connectivity index (χ1) is 16.1. The van der Waals surface area contributed by atoms with Crippen LogP contribution in [0, 0.1) is 10.1 Å². The fraction of sp³-hybridized carbons (Fsp3) is 0.0417. The van der Waals surface area contributed by atoms with Crippen molar-refractivity contribution in [2.45, 2.75) is 6.54 Å². The van der Waals surface area contributed by atoms with E-state index in [0.717, 1.165) is 11.1 Å². The van der Waals surface area contributed by atoms with Crippen LogP contribution in [0.25, 0.3) is 34.0 Å².